The molecule has 12 heteroatoms. The number of hydrogen-bond donors (Lipinski definition) is 3. The smallest absolute Gasteiger partial charge is 0.322 e. The van der Waals surface area contributed by atoms with E-state index >= 15 is 0 Å². The Kier molecular flexibility index (Phi) is 8.96. The highest BCUT2D eigenvalue weighted by atomic mass is 19.1. The fraction of sp³-hybridized carbons (Fsp3) is 0.312. The summed E-state index contributed by atoms with van der Waals surface area (Å²) in [6.07, 6.45) is 0. The van der Waals surface area contributed by atoms with Crippen molar-refractivity contribution >= 4 is 23.7 Å². The molecule has 3 aromatic rings. The van der Waals surface area contributed by atoms with Crippen molar-refractivity contribution in [1.29, 1.82) is 0 Å². The van der Waals surface area contributed by atoms with Gasteiger partial charge in [-0.05, 0) is 54.6 Å². The molecule has 0 bridgehead atoms. The Labute approximate surface area is 254 Å². The third-order valence-electron chi connectivity index (χ3n) is 7.66. The second-order valence-electron chi connectivity index (χ2n) is 10.5. The lowest BCUT2D eigenvalue weighted by molar-refractivity contribution is -0.119. The van der Waals surface area contributed by atoms with Gasteiger partial charge in [0.05, 0.1) is 7.11 Å². The van der Waals surface area contributed by atoms with E-state index in [2.05, 4.69) is 44.2 Å². The van der Waals surface area contributed by atoms with E-state index < -0.39 is 23.8 Å². The van der Waals surface area contributed by atoms with E-state index in [1.54, 1.807) is 37.3 Å². The van der Waals surface area contributed by atoms with Crippen LogP contribution in [0.2, 0.25) is 0 Å². The minimum absolute atomic E-state index is 0.0777. The molecule has 228 valence electrons. The van der Waals surface area contributed by atoms with Crippen molar-refractivity contribution in [3.8, 4) is 34.6 Å². The molecule has 2 aromatic carbocycles. The quantitative estimate of drug-likeness (QED) is 0.308. The third-order valence-corrected chi connectivity index (χ3v) is 7.66. The van der Waals surface area contributed by atoms with Gasteiger partial charge in [-0.25, -0.2) is 14.2 Å². The molecule has 44 heavy (non-hydrogen) atoms. The van der Waals surface area contributed by atoms with Crippen LogP contribution in [0.3, 0.4) is 0 Å². The molecule has 3 N–H and O–H groups in total. The van der Waals surface area contributed by atoms with Gasteiger partial charge in [-0.2, -0.15) is 0 Å². The van der Waals surface area contributed by atoms with E-state index in [1.165, 1.54) is 18.2 Å². The van der Waals surface area contributed by atoms with E-state index in [-0.39, 0.29) is 22.9 Å². The molecule has 3 aliphatic rings. The summed E-state index contributed by atoms with van der Waals surface area (Å²) in [5, 5.41) is 14.7. The maximum atomic E-state index is 14.8. The Morgan fingerprint density at radius 1 is 1.05 bits per heavy atom. The zero-order chi connectivity index (χ0) is 31.4. The van der Waals surface area contributed by atoms with Gasteiger partial charge < -0.3 is 29.9 Å². The van der Waals surface area contributed by atoms with Crippen molar-refractivity contribution in [3.63, 3.8) is 0 Å². The first-order chi connectivity index (χ1) is 21.2. The van der Waals surface area contributed by atoms with Crippen LogP contribution in [-0.2, 0) is 11.3 Å². The number of rotatable bonds is 4. The first-order valence-electron chi connectivity index (χ1n) is 14.2. The summed E-state index contributed by atoms with van der Waals surface area (Å²) < 4.78 is 19.9. The summed E-state index contributed by atoms with van der Waals surface area (Å²) in [5.74, 6) is 5.54. The number of piperazine rings is 1. The molecular weight excluding hydrogens is 567 g/mol. The topological polar surface area (TPSA) is 127 Å². The number of hydrogen-bond acceptors (Lipinski definition) is 8. The molecule has 1 aromatic heterocycles. The molecule has 2 saturated heterocycles. The first-order valence-corrected chi connectivity index (χ1v) is 14.2. The predicted molar refractivity (Wildman–Crippen MR) is 162 cm³/mol. The third kappa shape index (κ3) is 6.58. The van der Waals surface area contributed by atoms with Gasteiger partial charge in [-0.15, -0.1) is 0 Å². The van der Waals surface area contributed by atoms with Gasteiger partial charge in [0, 0.05) is 56.5 Å². The van der Waals surface area contributed by atoms with Crippen LogP contribution in [0.1, 0.15) is 28.4 Å². The minimum atomic E-state index is -0.967. The number of halogens is 1. The molecule has 0 aliphatic carbocycles. The molecule has 1 atom stereocenters. The standard InChI is InChI=1S/C22H22FN5O3.C10H11NO2/c1-2-27-9-11-28(12-10-27)19-8-7-18(29)20(25-19)15-5-3-14(13-16(15)23)4-6-17-21(30)26-22(31)24-17;1-11-6-7-3-4-8(13-2)5-9(7)10(11)12/h3,5,7-8,13,17,29H,2,9-12H2,1H3,(H2,24,26,30,31);3-5H,6H2,1-2H3. The van der Waals surface area contributed by atoms with E-state index in [0.717, 1.165) is 49.6 Å². The molecule has 0 saturated carbocycles. The number of fused-ring (bicyclic) bond motifs is 1. The fourth-order valence-electron chi connectivity index (χ4n) is 5.12. The maximum absolute atomic E-state index is 14.8. The van der Waals surface area contributed by atoms with Gasteiger partial charge >= 0.3 is 6.03 Å². The Bertz CT molecular complexity index is 1660. The van der Waals surface area contributed by atoms with Crippen LogP contribution >= 0.6 is 0 Å². The average Bonchev–Trinajstić information content (AvgIpc) is 3.51. The lowest BCUT2D eigenvalue weighted by Gasteiger charge is -2.34. The fourth-order valence-corrected chi connectivity index (χ4v) is 5.12. The number of nitrogens with zero attached hydrogens (tertiary/aromatic N) is 4. The summed E-state index contributed by atoms with van der Waals surface area (Å²) in [6.45, 7) is 7.31. The normalized spacial score (nSPS) is 17.6. The number of aromatic hydroxyl groups is 1. The number of imide groups is 1. The number of likely N-dealkylation sites (N-methyl/N-ethyl adjacent to an activating group) is 1. The lowest BCUT2D eigenvalue weighted by Crippen LogP contribution is -2.46. The maximum Gasteiger partial charge on any atom is 0.322 e. The highest BCUT2D eigenvalue weighted by Crippen LogP contribution is 2.32. The van der Waals surface area contributed by atoms with Crippen molar-refractivity contribution in [2.75, 3.05) is 51.8 Å². The van der Waals surface area contributed by atoms with Crippen LogP contribution < -0.4 is 20.3 Å². The molecule has 0 spiro atoms. The number of carbonyl (C=O) groups is 3. The second kappa shape index (κ2) is 13.0. The van der Waals surface area contributed by atoms with Crippen LogP contribution in [0.15, 0.2) is 48.5 Å². The molecule has 0 radical (unpaired) electrons. The van der Waals surface area contributed by atoms with Crippen LogP contribution in [-0.4, -0.2) is 90.7 Å². The molecule has 3 aliphatic heterocycles. The molecule has 4 heterocycles. The molecular formula is C32H33FN6O5. The highest BCUT2D eigenvalue weighted by molar-refractivity contribution is 6.05. The van der Waals surface area contributed by atoms with Crippen molar-refractivity contribution in [2.24, 2.45) is 0 Å². The number of anilines is 1. The number of benzene rings is 2. The van der Waals surface area contributed by atoms with Gasteiger partial charge in [-0.1, -0.05) is 24.8 Å². The van der Waals surface area contributed by atoms with Crippen molar-refractivity contribution < 1.29 is 28.6 Å². The SMILES string of the molecule is CCN1CCN(c2ccc(O)c(-c3ccc(C#CC4NC(=O)NC4=O)cc3F)n2)CC1.COc1ccc2c(c1)C(=O)N(C)C2. The monoisotopic (exact) mass is 600 g/mol. The van der Waals surface area contributed by atoms with Crippen molar-refractivity contribution in [2.45, 2.75) is 19.5 Å². The summed E-state index contributed by atoms with van der Waals surface area (Å²) in [7, 11) is 3.40. The van der Waals surface area contributed by atoms with E-state index in [1.807, 2.05) is 12.1 Å². The van der Waals surface area contributed by atoms with Gasteiger partial charge in [0.1, 0.15) is 28.8 Å². The Balaban J connectivity index is 0.000000245. The number of aromatic nitrogens is 1. The predicted octanol–water partition coefficient (Wildman–Crippen LogP) is 2.58. The van der Waals surface area contributed by atoms with Gasteiger partial charge in [0.15, 0.2) is 6.04 Å². The number of nitrogens with one attached hydrogen (secondary N) is 2. The number of ether oxygens (including phenoxy) is 1. The summed E-state index contributed by atoms with van der Waals surface area (Å²) in [6, 6.07) is 11.6. The number of pyridine rings is 1. The zero-order valence-corrected chi connectivity index (χ0v) is 24.7. The number of amides is 4. The minimum Gasteiger partial charge on any atom is -0.506 e. The number of methoxy groups -OCH3 is 1. The zero-order valence-electron chi connectivity index (χ0n) is 24.7. The largest absolute Gasteiger partial charge is 0.506 e. The molecule has 1 unspecified atom stereocenters. The van der Waals surface area contributed by atoms with E-state index in [4.69, 9.17) is 4.74 Å². The number of urea groups is 1. The van der Waals surface area contributed by atoms with Crippen molar-refractivity contribution in [1.82, 2.24) is 25.4 Å². The second-order valence-corrected chi connectivity index (χ2v) is 10.5. The van der Waals surface area contributed by atoms with Crippen LogP contribution in [0.5, 0.6) is 11.5 Å². The van der Waals surface area contributed by atoms with Gasteiger partial charge in [-0.3, -0.25) is 14.9 Å². The summed E-state index contributed by atoms with van der Waals surface area (Å²) >= 11 is 0. The Morgan fingerprint density at radius 3 is 2.48 bits per heavy atom. The van der Waals surface area contributed by atoms with E-state index in [0.29, 0.717) is 17.9 Å². The molecule has 4 amide bonds. The van der Waals surface area contributed by atoms with Crippen molar-refractivity contribution in [3.05, 3.63) is 71.0 Å². The first kappa shape index (κ1) is 30.3. The average molecular weight is 601 g/mol. The van der Waals surface area contributed by atoms with Gasteiger partial charge in [0.25, 0.3) is 11.8 Å². The van der Waals surface area contributed by atoms with Crippen LogP contribution in [0.4, 0.5) is 15.0 Å². The van der Waals surface area contributed by atoms with Gasteiger partial charge in [0.2, 0.25) is 0 Å². The molecule has 2 fully saturated rings. The van der Waals surface area contributed by atoms with Crippen LogP contribution in [0, 0.1) is 17.7 Å². The summed E-state index contributed by atoms with van der Waals surface area (Å²) in [5.41, 5.74) is 2.50. The van der Waals surface area contributed by atoms with E-state index in [9.17, 15) is 23.9 Å². The van der Waals surface area contributed by atoms with Crippen LogP contribution in [0.25, 0.3) is 11.3 Å². The highest BCUT2D eigenvalue weighted by Gasteiger charge is 2.27. The molecule has 6 rings (SSSR count). The lowest BCUT2D eigenvalue weighted by atomic mass is 10.1. The number of carbonyl (C=O) groups excluding carboxylic acids is 3. The Morgan fingerprint density at radius 2 is 1.82 bits per heavy atom. The molecule has 11 nitrogen and oxygen atoms in total. The summed E-state index contributed by atoms with van der Waals surface area (Å²) in [4.78, 5) is 44.9. The Hall–Kier alpha value is -5.15.